The third kappa shape index (κ3) is 2.56. The van der Waals surface area contributed by atoms with Gasteiger partial charge >= 0.3 is 0 Å². The Kier molecular flexibility index (Phi) is 3.49. The van der Waals surface area contributed by atoms with E-state index >= 15 is 0 Å². The van der Waals surface area contributed by atoms with Crippen LogP contribution in [0.15, 0.2) is 56.7 Å². The van der Waals surface area contributed by atoms with Crippen LogP contribution in [0.5, 0.6) is 0 Å². The van der Waals surface area contributed by atoms with Gasteiger partial charge in [0.1, 0.15) is 4.21 Å². The normalized spacial score (nSPS) is 11.7. The van der Waals surface area contributed by atoms with Gasteiger partial charge in [-0.15, -0.1) is 11.3 Å². The number of pyridine rings is 1. The van der Waals surface area contributed by atoms with Crippen molar-refractivity contribution in [2.24, 2.45) is 0 Å². The highest BCUT2D eigenvalue weighted by molar-refractivity contribution is 9.11. The third-order valence-corrected chi connectivity index (χ3v) is 6.18. The average Bonchev–Trinajstić information content (AvgIpc) is 2.86. The molecule has 0 atom stereocenters. The Balaban J connectivity index is 2.05. The van der Waals surface area contributed by atoms with Crippen LogP contribution < -0.4 is 4.72 Å². The maximum absolute atomic E-state index is 12.3. The number of nitrogens with zero attached hydrogens (tertiary/aromatic N) is 1. The van der Waals surface area contributed by atoms with Gasteiger partial charge in [0.2, 0.25) is 0 Å². The van der Waals surface area contributed by atoms with E-state index in [4.69, 9.17) is 0 Å². The number of fused-ring (bicyclic) bond motifs is 1. The fraction of sp³-hybridized carbons (Fsp3) is 0. The number of thiophene rings is 1. The van der Waals surface area contributed by atoms with Crippen molar-refractivity contribution < 1.29 is 8.42 Å². The van der Waals surface area contributed by atoms with E-state index in [-0.39, 0.29) is 4.21 Å². The van der Waals surface area contributed by atoms with E-state index in [1.165, 1.54) is 11.3 Å². The van der Waals surface area contributed by atoms with Gasteiger partial charge in [-0.25, -0.2) is 8.42 Å². The summed E-state index contributed by atoms with van der Waals surface area (Å²) in [5, 5.41) is 0.772. The molecule has 0 saturated carbocycles. The van der Waals surface area contributed by atoms with Gasteiger partial charge in [0.15, 0.2) is 0 Å². The van der Waals surface area contributed by atoms with Crippen LogP contribution in [-0.4, -0.2) is 13.4 Å². The maximum Gasteiger partial charge on any atom is 0.271 e. The van der Waals surface area contributed by atoms with Gasteiger partial charge in [-0.05, 0) is 52.3 Å². The van der Waals surface area contributed by atoms with Crippen molar-refractivity contribution in [3.63, 3.8) is 0 Å². The molecule has 0 saturated heterocycles. The first kappa shape index (κ1) is 13.5. The summed E-state index contributed by atoms with van der Waals surface area (Å²) in [6, 6.07) is 12.2. The molecule has 2 heterocycles. The zero-order chi connectivity index (χ0) is 14.2. The van der Waals surface area contributed by atoms with Crippen molar-refractivity contribution in [3.05, 3.63) is 52.4 Å². The average molecular weight is 369 g/mol. The van der Waals surface area contributed by atoms with Gasteiger partial charge in [0.05, 0.1) is 15.0 Å². The Hall–Kier alpha value is -1.44. The maximum atomic E-state index is 12.3. The van der Waals surface area contributed by atoms with Crippen molar-refractivity contribution in [3.8, 4) is 0 Å². The Labute approximate surface area is 128 Å². The third-order valence-electron chi connectivity index (χ3n) is 2.70. The molecule has 1 aromatic carbocycles. The summed E-state index contributed by atoms with van der Waals surface area (Å²) in [6.07, 6.45) is 1.68. The van der Waals surface area contributed by atoms with Crippen molar-refractivity contribution >= 4 is 53.9 Å². The molecule has 0 bridgehead atoms. The van der Waals surface area contributed by atoms with E-state index in [1.54, 1.807) is 36.5 Å². The number of sulfonamides is 1. The van der Waals surface area contributed by atoms with E-state index in [2.05, 4.69) is 25.6 Å². The lowest BCUT2D eigenvalue weighted by molar-refractivity contribution is 0.603. The summed E-state index contributed by atoms with van der Waals surface area (Å²) < 4.78 is 28.3. The molecule has 3 aromatic rings. The monoisotopic (exact) mass is 368 g/mol. The molecule has 0 aliphatic heterocycles. The molecule has 0 spiro atoms. The Morgan fingerprint density at radius 1 is 1.10 bits per heavy atom. The second-order valence-corrected chi connectivity index (χ2v) is 8.41. The predicted octanol–water partition coefficient (Wildman–Crippen LogP) is 3.86. The number of anilines is 1. The lowest BCUT2D eigenvalue weighted by Crippen LogP contribution is -2.11. The summed E-state index contributed by atoms with van der Waals surface area (Å²) >= 11 is 4.44. The highest BCUT2D eigenvalue weighted by Crippen LogP contribution is 2.29. The van der Waals surface area contributed by atoms with Gasteiger partial charge in [-0.3, -0.25) is 9.71 Å². The first-order chi connectivity index (χ1) is 9.56. The van der Waals surface area contributed by atoms with Gasteiger partial charge in [0.25, 0.3) is 10.0 Å². The van der Waals surface area contributed by atoms with Crippen LogP contribution >= 0.6 is 27.3 Å². The number of rotatable bonds is 3. The number of nitrogens with one attached hydrogen (secondary N) is 1. The van der Waals surface area contributed by atoms with Crippen molar-refractivity contribution in [2.45, 2.75) is 4.21 Å². The fourth-order valence-corrected chi connectivity index (χ4v) is 4.92. The molecule has 0 fully saturated rings. The minimum atomic E-state index is -3.57. The summed E-state index contributed by atoms with van der Waals surface area (Å²) in [5.74, 6) is 0. The molecule has 0 unspecified atom stereocenters. The number of hydrogen-bond acceptors (Lipinski definition) is 4. The Bertz CT molecular complexity index is 869. The molecule has 102 valence electrons. The highest BCUT2D eigenvalue weighted by Gasteiger charge is 2.17. The molecule has 0 amide bonds. The topological polar surface area (TPSA) is 59.1 Å². The van der Waals surface area contributed by atoms with Crippen LogP contribution in [0.4, 0.5) is 5.69 Å². The summed E-state index contributed by atoms with van der Waals surface area (Å²) in [7, 11) is -3.57. The smallest absolute Gasteiger partial charge is 0.271 e. The summed E-state index contributed by atoms with van der Waals surface area (Å²) in [4.78, 5) is 4.21. The van der Waals surface area contributed by atoms with Crippen LogP contribution in [-0.2, 0) is 10.0 Å². The molecule has 0 aliphatic carbocycles. The molecule has 4 nitrogen and oxygen atoms in total. The lowest BCUT2D eigenvalue weighted by Gasteiger charge is -2.08. The zero-order valence-electron chi connectivity index (χ0n) is 10.1. The van der Waals surface area contributed by atoms with Crippen LogP contribution in [0.3, 0.4) is 0 Å². The lowest BCUT2D eigenvalue weighted by atomic mass is 10.2. The standard InChI is InChI=1S/C13H9BrN2O2S2/c14-12-6-7-13(19-12)20(17,18)16-11-5-1-4-10-9(11)3-2-8-15-10/h1-8,16H. The quantitative estimate of drug-likeness (QED) is 0.763. The first-order valence-corrected chi connectivity index (χ1v) is 8.77. The number of hydrogen-bond donors (Lipinski definition) is 1. The van der Waals surface area contributed by atoms with E-state index in [0.29, 0.717) is 5.69 Å². The van der Waals surface area contributed by atoms with Gasteiger partial charge in [-0.2, -0.15) is 0 Å². The molecule has 0 aliphatic rings. The molecule has 1 N–H and O–H groups in total. The summed E-state index contributed by atoms with van der Waals surface area (Å²) in [6.45, 7) is 0. The Morgan fingerprint density at radius 3 is 2.70 bits per heavy atom. The minimum absolute atomic E-state index is 0.269. The molecule has 0 radical (unpaired) electrons. The van der Waals surface area contributed by atoms with Gasteiger partial charge in [-0.1, -0.05) is 6.07 Å². The van der Waals surface area contributed by atoms with Crippen LogP contribution in [0, 0.1) is 0 Å². The SMILES string of the molecule is O=S(=O)(Nc1cccc2ncccc12)c1ccc(Br)s1. The van der Waals surface area contributed by atoms with E-state index in [1.807, 2.05) is 12.1 Å². The first-order valence-electron chi connectivity index (χ1n) is 5.68. The number of aromatic nitrogens is 1. The van der Waals surface area contributed by atoms with Gasteiger partial charge in [0, 0.05) is 11.6 Å². The summed E-state index contributed by atoms with van der Waals surface area (Å²) in [5.41, 5.74) is 1.28. The van der Waals surface area contributed by atoms with Crippen LogP contribution in [0.25, 0.3) is 10.9 Å². The molecule has 7 heteroatoms. The highest BCUT2D eigenvalue weighted by atomic mass is 79.9. The second-order valence-electron chi connectivity index (χ2n) is 4.04. The second kappa shape index (κ2) is 5.16. The Morgan fingerprint density at radius 2 is 1.95 bits per heavy atom. The fourth-order valence-electron chi connectivity index (χ4n) is 1.83. The molecule has 2 aromatic heterocycles. The molecular formula is C13H9BrN2O2S2. The van der Waals surface area contributed by atoms with Crippen LogP contribution in [0.1, 0.15) is 0 Å². The van der Waals surface area contributed by atoms with Crippen molar-refractivity contribution in [1.29, 1.82) is 0 Å². The molecule has 3 rings (SSSR count). The van der Waals surface area contributed by atoms with E-state index < -0.39 is 10.0 Å². The largest absolute Gasteiger partial charge is 0.278 e. The zero-order valence-corrected chi connectivity index (χ0v) is 13.3. The number of benzene rings is 1. The number of halogens is 1. The minimum Gasteiger partial charge on any atom is -0.278 e. The van der Waals surface area contributed by atoms with E-state index in [0.717, 1.165) is 14.7 Å². The van der Waals surface area contributed by atoms with E-state index in [9.17, 15) is 8.42 Å². The predicted molar refractivity (Wildman–Crippen MR) is 84.6 cm³/mol. The van der Waals surface area contributed by atoms with Gasteiger partial charge < -0.3 is 0 Å². The molecular weight excluding hydrogens is 360 g/mol. The van der Waals surface area contributed by atoms with Crippen molar-refractivity contribution in [2.75, 3.05) is 4.72 Å². The van der Waals surface area contributed by atoms with Crippen LogP contribution in [0.2, 0.25) is 0 Å². The van der Waals surface area contributed by atoms with Crippen molar-refractivity contribution in [1.82, 2.24) is 4.98 Å². The molecule has 20 heavy (non-hydrogen) atoms.